The van der Waals surface area contributed by atoms with Crippen molar-refractivity contribution < 1.29 is 0 Å². The molecule has 0 amide bonds. The van der Waals surface area contributed by atoms with E-state index in [9.17, 15) is 0 Å². The average molecular weight is 414 g/mol. The number of allylic oxidation sites excluding steroid dienone is 2. The summed E-state index contributed by atoms with van der Waals surface area (Å²) in [6.45, 7) is 7.92. The molecule has 0 aromatic carbocycles. The van der Waals surface area contributed by atoms with Gasteiger partial charge in [0.25, 0.3) is 0 Å². The molecule has 1 atom stereocenters. The molecule has 2 aliphatic rings. The zero-order valence-electron chi connectivity index (χ0n) is 19.2. The predicted molar refractivity (Wildman–Crippen MR) is 128 cm³/mol. The lowest BCUT2D eigenvalue weighted by atomic mass is 10.2. The Balaban J connectivity index is 1.38. The van der Waals surface area contributed by atoms with E-state index < -0.39 is 0 Å². The van der Waals surface area contributed by atoms with E-state index in [1.807, 2.05) is 6.20 Å². The number of anilines is 2. The molecule has 0 radical (unpaired) electrons. The summed E-state index contributed by atoms with van der Waals surface area (Å²) < 4.78 is 0. The van der Waals surface area contributed by atoms with E-state index in [4.69, 9.17) is 4.98 Å². The molecular weight excluding hydrogens is 370 g/mol. The Morgan fingerprint density at radius 3 is 2.60 bits per heavy atom. The summed E-state index contributed by atoms with van der Waals surface area (Å²) in [7, 11) is 0. The van der Waals surface area contributed by atoms with Crippen molar-refractivity contribution in [1.82, 2.24) is 14.9 Å². The van der Waals surface area contributed by atoms with Crippen LogP contribution in [0.25, 0.3) is 0 Å². The van der Waals surface area contributed by atoms with Crippen LogP contribution >= 0.6 is 0 Å². The van der Waals surface area contributed by atoms with Gasteiger partial charge in [0, 0.05) is 31.9 Å². The fourth-order valence-corrected chi connectivity index (χ4v) is 4.70. The van der Waals surface area contributed by atoms with Crippen molar-refractivity contribution in [2.75, 3.05) is 42.9 Å². The molecule has 1 N–H and O–H groups in total. The molecule has 2 aliphatic heterocycles. The zero-order valence-corrected chi connectivity index (χ0v) is 19.2. The second-order valence-electron chi connectivity index (χ2n) is 8.96. The standard InChI is InChI=1S/C25H43N5/c1-2-3-4-5-6-7-8-11-18-29-21-14-15-23(29)22-27-25-26-17-16-24(28-25)30-19-12-9-10-13-20-30/h6-7,16-17,23H,2-5,8-15,18-22H2,1H3,(H,26,27,28)/b7-6-. The van der Waals surface area contributed by atoms with E-state index in [0.717, 1.165) is 31.4 Å². The summed E-state index contributed by atoms with van der Waals surface area (Å²) >= 11 is 0. The number of likely N-dealkylation sites (tertiary alicyclic amines) is 1. The van der Waals surface area contributed by atoms with Crippen molar-refractivity contribution in [2.24, 2.45) is 0 Å². The molecule has 1 aromatic heterocycles. The summed E-state index contributed by atoms with van der Waals surface area (Å²) in [6.07, 6.45) is 22.3. The van der Waals surface area contributed by atoms with Crippen LogP contribution in [-0.4, -0.2) is 53.6 Å². The highest BCUT2D eigenvalue weighted by molar-refractivity contribution is 5.42. The molecule has 1 aromatic rings. The number of hydrogen-bond acceptors (Lipinski definition) is 5. The Hall–Kier alpha value is -1.62. The van der Waals surface area contributed by atoms with Gasteiger partial charge in [-0.15, -0.1) is 0 Å². The van der Waals surface area contributed by atoms with Gasteiger partial charge in [-0.05, 0) is 70.5 Å². The first-order valence-electron chi connectivity index (χ1n) is 12.6. The summed E-state index contributed by atoms with van der Waals surface area (Å²) in [5.74, 6) is 1.88. The van der Waals surface area contributed by atoms with Crippen LogP contribution in [0.4, 0.5) is 11.8 Å². The van der Waals surface area contributed by atoms with Gasteiger partial charge >= 0.3 is 0 Å². The van der Waals surface area contributed by atoms with Gasteiger partial charge in [0.15, 0.2) is 0 Å². The van der Waals surface area contributed by atoms with Crippen LogP contribution in [0.1, 0.15) is 84.0 Å². The summed E-state index contributed by atoms with van der Waals surface area (Å²) in [5, 5.41) is 3.54. The number of unbranched alkanes of at least 4 members (excludes halogenated alkanes) is 4. The normalized spacial score (nSPS) is 20.7. The Morgan fingerprint density at radius 1 is 1.00 bits per heavy atom. The Labute approximate surface area is 184 Å². The van der Waals surface area contributed by atoms with Crippen LogP contribution in [0.5, 0.6) is 0 Å². The fraction of sp³-hybridized carbons (Fsp3) is 0.760. The van der Waals surface area contributed by atoms with Crippen LogP contribution in [0.15, 0.2) is 24.4 Å². The number of nitrogens with one attached hydrogen (secondary N) is 1. The molecular formula is C25H43N5. The van der Waals surface area contributed by atoms with Gasteiger partial charge in [-0.2, -0.15) is 4.98 Å². The van der Waals surface area contributed by atoms with E-state index >= 15 is 0 Å². The van der Waals surface area contributed by atoms with Gasteiger partial charge in [-0.1, -0.05) is 44.8 Å². The van der Waals surface area contributed by atoms with Gasteiger partial charge in [0.1, 0.15) is 5.82 Å². The zero-order chi connectivity index (χ0) is 20.9. The maximum absolute atomic E-state index is 4.82. The summed E-state index contributed by atoms with van der Waals surface area (Å²) in [4.78, 5) is 14.4. The maximum atomic E-state index is 4.82. The minimum atomic E-state index is 0.615. The van der Waals surface area contributed by atoms with E-state index in [-0.39, 0.29) is 0 Å². The second-order valence-corrected chi connectivity index (χ2v) is 8.96. The number of hydrogen-bond donors (Lipinski definition) is 1. The molecule has 0 saturated carbocycles. The SMILES string of the molecule is CCCCC/C=C\CCCN1CCCC1CNc1nccc(N2CCCCCC2)n1. The molecule has 0 aliphatic carbocycles. The maximum Gasteiger partial charge on any atom is 0.224 e. The molecule has 3 heterocycles. The third kappa shape index (κ3) is 7.90. The molecule has 30 heavy (non-hydrogen) atoms. The van der Waals surface area contributed by atoms with Crippen LogP contribution < -0.4 is 10.2 Å². The number of nitrogens with zero attached hydrogens (tertiary/aromatic N) is 4. The van der Waals surface area contributed by atoms with Gasteiger partial charge in [0.2, 0.25) is 5.95 Å². The Kier molecular flexibility index (Phi) is 10.5. The first-order valence-corrected chi connectivity index (χ1v) is 12.6. The Morgan fingerprint density at radius 2 is 1.80 bits per heavy atom. The third-order valence-corrected chi connectivity index (χ3v) is 6.52. The average Bonchev–Trinajstić information content (AvgIpc) is 3.04. The second kappa shape index (κ2) is 13.6. The largest absolute Gasteiger partial charge is 0.356 e. The lowest BCUT2D eigenvalue weighted by Crippen LogP contribution is -2.36. The quantitative estimate of drug-likeness (QED) is 0.354. The van der Waals surface area contributed by atoms with E-state index in [1.165, 1.54) is 90.1 Å². The highest BCUT2D eigenvalue weighted by atomic mass is 15.2. The fourth-order valence-electron chi connectivity index (χ4n) is 4.70. The first-order chi connectivity index (χ1) is 14.9. The lowest BCUT2D eigenvalue weighted by Gasteiger charge is -2.25. The molecule has 2 saturated heterocycles. The molecule has 5 nitrogen and oxygen atoms in total. The van der Waals surface area contributed by atoms with E-state index in [1.54, 1.807) is 0 Å². The Bertz CT molecular complexity index is 609. The van der Waals surface area contributed by atoms with Crippen molar-refractivity contribution in [3.63, 3.8) is 0 Å². The highest BCUT2D eigenvalue weighted by Gasteiger charge is 2.23. The van der Waals surface area contributed by atoms with Gasteiger partial charge in [-0.25, -0.2) is 4.98 Å². The van der Waals surface area contributed by atoms with E-state index in [0.29, 0.717) is 6.04 Å². The molecule has 0 spiro atoms. The molecule has 2 fully saturated rings. The minimum Gasteiger partial charge on any atom is -0.356 e. The summed E-state index contributed by atoms with van der Waals surface area (Å²) in [6, 6.07) is 2.68. The van der Waals surface area contributed by atoms with E-state index in [2.05, 4.69) is 45.2 Å². The number of rotatable bonds is 12. The highest BCUT2D eigenvalue weighted by Crippen LogP contribution is 2.20. The van der Waals surface area contributed by atoms with Crippen molar-refractivity contribution in [1.29, 1.82) is 0 Å². The monoisotopic (exact) mass is 413 g/mol. The van der Waals surface area contributed by atoms with Crippen molar-refractivity contribution in [2.45, 2.75) is 90.0 Å². The van der Waals surface area contributed by atoms with Gasteiger partial charge in [-0.3, -0.25) is 4.90 Å². The molecule has 168 valence electrons. The number of aromatic nitrogens is 2. The predicted octanol–water partition coefficient (Wildman–Crippen LogP) is 5.65. The van der Waals surface area contributed by atoms with Crippen LogP contribution in [0, 0.1) is 0 Å². The molecule has 5 heteroatoms. The molecule has 0 bridgehead atoms. The topological polar surface area (TPSA) is 44.3 Å². The van der Waals surface area contributed by atoms with Crippen LogP contribution in [-0.2, 0) is 0 Å². The first kappa shape index (κ1) is 23.1. The van der Waals surface area contributed by atoms with Gasteiger partial charge < -0.3 is 10.2 Å². The molecule has 1 unspecified atom stereocenters. The summed E-state index contributed by atoms with van der Waals surface area (Å²) in [5.41, 5.74) is 0. The van der Waals surface area contributed by atoms with Crippen molar-refractivity contribution in [3.8, 4) is 0 Å². The van der Waals surface area contributed by atoms with Crippen LogP contribution in [0.2, 0.25) is 0 Å². The van der Waals surface area contributed by atoms with Crippen molar-refractivity contribution >= 4 is 11.8 Å². The minimum absolute atomic E-state index is 0.615. The van der Waals surface area contributed by atoms with Crippen molar-refractivity contribution in [3.05, 3.63) is 24.4 Å². The smallest absolute Gasteiger partial charge is 0.224 e. The third-order valence-electron chi connectivity index (χ3n) is 6.52. The van der Waals surface area contributed by atoms with Crippen LogP contribution in [0.3, 0.4) is 0 Å². The lowest BCUT2D eigenvalue weighted by molar-refractivity contribution is 0.260. The van der Waals surface area contributed by atoms with Gasteiger partial charge in [0.05, 0.1) is 0 Å². The molecule has 3 rings (SSSR count).